The van der Waals surface area contributed by atoms with Crippen molar-refractivity contribution in [2.24, 2.45) is 0 Å². The molecule has 152 valence electrons. The molecule has 0 saturated carbocycles. The molecule has 29 heavy (non-hydrogen) atoms. The number of carbonyl (C=O) groups is 2. The van der Waals surface area contributed by atoms with Crippen molar-refractivity contribution < 1.29 is 9.59 Å². The van der Waals surface area contributed by atoms with Gasteiger partial charge in [0.1, 0.15) is 0 Å². The van der Waals surface area contributed by atoms with Gasteiger partial charge in [0.25, 0.3) is 5.91 Å². The van der Waals surface area contributed by atoms with Gasteiger partial charge < -0.3 is 15.1 Å². The fourth-order valence-corrected chi connectivity index (χ4v) is 4.94. The van der Waals surface area contributed by atoms with Crippen molar-refractivity contribution in [1.82, 2.24) is 10.2 Å². The number of nitrogens with one attached hydrogen (secondary N) is 1. The van der Waals surface area contributed by atoms with Crippen LogP contribution in [0.5, 0.6) is 0 Å². The lowest BCUT2D eigenvalue weighted by Gasteiger charge is -2.29. The molecule has 1 fully saturated rings. The number of thioether (sulfide) groups is 1. The van der Waals surface area contributed by atoms with E-state index in [0.29, 0.717) is 11.3 Å². The number of piperidine rings is 1. The smallest absolute Gasteiger partial charge is 0.252 e. The quantitative estimate of drug-likeness (QED) is 0.771. The van der Waals surface area contributed by atoms with Gasteiger partial charge in [-0.1, -0.05) is 30.3 Å². The predicted octanol–water partition coefficient (Wildman–Crippen LogP) is 3.19. The molecule has 0 aromatic heterocycles. The second kappa shape index (κ2) is 9.01. The number of hydrogen-bond acceptors (Lipinski definition) is 4. The Hall–Kier alpha value is -2.31. The Balaban J connectivity index is 1.38. The lowest BCUT2D eigenvalue weighted by Crippen LogP contribution is -2.43. The maximum absolute atomic E-state index is 12.8. The van der Waals surface area contributed by atoms with E-state index in [1.807, 2.05) is 47.4 Å². The summed E-state index contributed by atoms with van der Waals surface area (Å²) in [6, 6.07) is 15.9. The van der Waals surface area contributed by atoms with E-state index < -0.39 is 0 Å². The Labute approximate surface area is 176 Å². The Kier molecular flexibility index (Phi) is 6.21. The fourth-order valence-electron chi connectivity index (χ4n) is 4.01. The number of benzene rings is 2. The Morgan fingerprint density at radius 1 is 1.03 bits per heavy atom. The van der Waals surface area contributed by atoms with Crippen LogP contribution in [0, 0.1) is 0 Å². The number of nitrogens with zero attached hydrogens (tertiary/aromatic N) is 2. The van der Waals surface area contributed by atoms with Crippen LogP contribution in [-0.2, 0) is 11.2 Å². The van der Waals surface area contributed by atoms with Crippen LogP contribution in [0.2, 0.25) is 0 Å². The molecule has 2 heterocycles. The van der Waals surface area contributed by atoms with E-state index in [1.165, 1.54) is 17.3 Å². The number of carbonyl (C=O) groups excluding carboxylic acids is 2. The van der Waals surface area contributed by atoms with E-state index in [9.17, 15) is 9.59 Å². The third-order valence-corrected chi connectivity index (χ3v) is 6.78. The molecule has 0 aliphatic carbocycles. The summed E-state index contributed by atoms with van der Waals surface area (Å²) in [6.45, 7) is 2.75. The zero-order valence-corrected chi connectivity index (χ0v) is 17.6. The van der Waals surface area contributed by atoms with Gasteiger partial charge in [0.15, 0.2) is 0 Å². The summed E-state index contributed by atoms with van der Waals surface area (Å²) in [6.07, 6.45) is 2.86. The summed E-state index contributed by atoms with van der Waals surface area (Å²) in [4.78, 5) is 30.7. The molecule has 2 amide bonds. The minimum Gasteiger partial charge on any atom is -0.349 e. The van der Waals surface area contributed by atoms with Crippen LogP contribution in [0.1, 0.15) is 28.8 Å². The highest BCUT2D eigenvalue weighted by molar-refractivity contribution is 8.00. The van der Waals surface area contributed by atoms with E-state index in [0.717, 1.165) is 49.5 Å². The second-order valence-electron chi connectivity index (χ2n) is 7.76. The molecule has 2 aromatic rings. The van der Waals surface area contributed by atoms with Gasteiger partial charge in [0, 0.05) is 23.2 Å². The molecule has 2 aliphatic heterocycles. The molecule has 5 nitrogen and oxygen atoms in total. The average molecular weight is 410 g/mol. The van der Waals surface area contributed by atoms with Gasteiger partial charge in [-0.25, -0.2) is 0 Å². The highest BCUT2D eigenvalue weighted by Crippen LogP contribution is 2.29. The zero-order valence-electron chi connectivity index (χ0n) is 16.8. The first-order valence-corrected chi connectivity index (χ1v) is 11.2. The van der Waals surface area contributed by atoms with Crippen molar-refractivity contribution >= 4 is 29.3 Å². The first kappa shape index (κ1) is 20.0. The summed E-state index contributed by atoms with van der Waals surface area (Å²) in [7, 11) is 2.11. The molecule has 0 unspecified atom stereocenters. The third kappa shape index (κ3) is 4.65. The van der Waals surface area contributed by atoms with Crippen LogP contribution in [0.4, 0.5) is 5.69 Å². The van der Waals surface area contributed by atoms with Crippen molar-refractivity contribution in [2.75, 3.05) is 37.3 Å². The van der Waals surface area contributed by atoms with Crippen molar-refractivity contribution in [2.45, 2.75) is 30.2 Å². The van der Waals surface area contributed by atoms with Gasteiger partial charge >= 0.3 is 0 Å². The SMILES string of the molecule is CN1CCC(NC(=O)c2ccccc2SCC(=O)N2CCc3ccccc32)CC1. The molecule has 0 spiro atoms. The third-order valence-electron chi connectivity index (χ3n) is 5.72. The summed E-state index contributed by atoms with van der Waals surface area (Å²) < 4.78 is 0. The maximum atomic E-state index is 12.8. The molecule has 4 rings (SSSR count). The summed E-state index contributed by atoms with van der Waals surface area (Å²) >= 11 is 1.45. The highest BCUT2D eigenvalue weighted by atomic mass is 32.2. The van der Waals surface area contributed by atoms with Crippen LogP contribution in [-0.4, -0.2) is 55.2 Å². The van der Waals surface area contributed by atoms with Crippen LogP contribution in [0.25, 0.3) is 0 Å². The van der Waals surface area contributed by atoms with E-state index in [-0.39, 0.29) is 17.9 Å². The van der Waals surface area contributed by atoms with Gasteiger partial charge in [0.05, 0.1) is 11.3 Å². The average Bonchev–Trinajstić information content (AvgIpc) is 3.18. The number of likely N-dealkylation sites (tertiary alicyclic amines) is 1. The first-order chi connectivity index (χ1) is 14.1. The van der Waals surface area contributed by atoms with Crippen LogP contribution < -0.4 is 10.2 Å². The van der Waals surface area contributed by atoms with E-state index in [4.69, 9.17) is 0 Å². The number of anilines is 1. The molecule has 1 saturated heterocycles. The van der Waals surface area contributed by atoms with E-state index in [1.54, 1.807) is 0 Å². The summed E-state index contributed by atoms with van der Waals surface area (Å²) in [5.41, 5.74) is 2.90. The van der Waals surface area contributed by atoms with Crippen LogP contribution in [0.3, 0.4) is 0 Å². The first-order valence-electron chi connectivity index (χ1n) is 10.2. The van der Waals surface area contributed by atoms with E-state index >= 15 is 0 Å². The Morgan fingerprint density at radius 3 is 2.59 bits per heavy atom. The van der Waals surface area contributed by atoms with Gasteiger partial charge in [-0.05, 0) is 63.2 Å². The van der Waals surface area contributed by atoms with E-state index in [2.05, 4.69) is 23.3 Å². The van der Waals surface area contributed by atoms with Gasteiger partial charge in [-0.15, -0.1) is 11.8 Å². The number of rotatable bonds is 5. The van der Waals surface area contributed by atoms with Gasteiger partial charge in [-0.2, -0.15) is 0 Å². The van der Waals surface area contributed by atoms with Gasteiger partial charge in [0.2, 0.25) is 5.91 Å². The molecule has 0 atom stereocenters. The lowest BCUT2D eigenvalue weighted by atomic mass is 10.0. The van der Waals surface area contributed by atoms with Crippen LogP contribution in [0.15, 0.2) is 53.4 Å². The normalized spacial score (nSPS) is 17.2. The molecule has 2 aliphatic rings. The number of para-hydroxylation sites is 1. The Morgan fingerprint density at radius 2 is 1.76 bits per heavy atom. The van der Waals surface area contributed by atoms with Crippen molar-refractivity contribution in [3.63, 3.8) is 0 Å². The van der Waals surface area contributed by atoms with Gasteiger partial charge in [-0.3, -0.25) is 9.59 Å². The minimum atomic E-state index is -0.0402. The molecule has 0 radical (unpaired) electrons. The second-order valence-corrected chi connectivity index (χ2v) is 8.78. The number of amides is 2. The van der Waals surface area contributed by atoms with Crippen molar-refractivity contribution in [3.8, 4) is 0 Å². The largest absolute Gasteiger partial charge is 0.349 e. The predicted molar refractivity (Wildman–Crippen MR) is 118 cm³/mol. The number of hydrogen-bond donors (Lipinski definition) is 1. The number of fused-ring (bicyclic) bond motifs is 1. The lowest BCUT2D eigenvalue weighted by molar-refractivity contribution is -0.116. The summed E-state index contributed by atoms with van der Waals surface area (Å²) in [5.74, 6) is 0.374. The van der Waals surface area contributed by atoms with Crippen molar-refractivity contribution in [3.05, 3.63) is 59.7 Å². The maximum Gasteiger partial charge on any atom is 0.252 e. The minimum absolute atomic E-state index is 0.0402. The zero-order chi connectivity index (χ0) is 20.2. The topological polar surface area (TPSA) is 52.7 Å². The monoisotopic (exact) mass is 409 g/mol. The molecule has 0 bridgehead atoms. The standard InChI is InChI=1S/C23H27N3O2S/c1-25-13-11-18(12-14-25)24-23(28)19-7-3-5-9-21(19)29-16-22(27)26-15-10-17-6-2-4-8-20(17)26/h2-9,18H,10-16H2,1H3,(H,24,28). The molecule has 6 heteroatoms. The molecular formula is C23H27N3O2S. The Bertz CT molecular complexity index is 893. The summed E-state index contributed by atoms with van der Waals surface area (Å²) in [5, 5.41) is 3.18. The molecular weight excluding hydrogens is 382 g/mol. The van der Waals surface area contributed by atoms with Crippen molar-refractivity contribution in [1.29, 1.82) is 0 Å². The molecule has 2 aromatic carbocycles. The highest BCUT2D eigenvalue weighted by Gasteiger charge is 2.25. The van der Waals surface area contributed by atoms with Crippen LogP contribution >= 0.6 is 11.8 Å². The fraction of sp³-hybridized carbons (Fsp3) is 0.391. The molecule has 1 N–H and O–H groups in total.